The van der Waals surface area contributed by atoms with E-state index in [0.29, 0.717) is 0 Å². The highest BCUT2D eigenvalue weighted by Crippen LogP contribution is 2.51. The zero-order chi connectivity index (χ0) is 36.7. The Balaban J connectivity index is 1.03. The van der Waals surface area contributed by atoms with Crippen LogP contribution in [0.15, 0.2) is 192 Å². The lowest BCUT2D eigenvalue weighted by Crippen LogP contribution is -2.10. The lowest BCUT2D eigenvalue weighted by Gasteiger charge is -2.27. The highest BCUT2D eigenvalue weighted by Gasteiger charge is 2.25. The van der Waals surface area contributed by atoms with Gasteiger partial charge in [0.05, 0.1) is 21.5 Å². The van der Waals surface area contributed by atoms with Crippen molar-refractivity contribution < 1.29 is 9.15 Å². The predicted molar refractivity (Wildman–Crippen MR) is 235 cm³/mol. The van der Waals surface area contributed by atoms with Gasteiger partial charge in [-0.1, -0.05) is 127 Å². The van der Waals surface area contributed by atoms with Crippen molar-refractivity contribution in [2.45, 2.75) is 0 Å². The number of thiophene rings is 1. The van der Waals surface area contributed by atoms with Gasteiger partial charge < -0.3 is 14.1 Å². The van der Waals surface area contributed by atoms with E-state index in [2.05, 4.69) is 187 Å². The first kappa shape index (κ1) is 31.2. The minimum atomic E-state index is 0.863. The number of hydrogen-bond donors (Lipinski definition) is 0. The number of furan rings is 1. The molecular weight excluding hydrogens is 703 g/mol. The van der Waals surface area contributed by atoms with Crippen LogP contribution in [-0.4, -0.2) is 0 Å². The monoisotopic (exact) mass is 733 g/mol. The Morgan fingerprint density at radius 1 is 0.393 bits per heavy atom. The van der Waals surface area contributed by atoms with Gasteiger partial charge in [-0.25, -0.2) is 0 Å². The molecular formula is C52H31NO2S. The van der Waals surface area contributed by atoms with Crippen LogP contribution < -0.4 is 9.64 Å². The van der Waals surface area contributed by atoms with Crippen LogP contribution in [0.1, 0.15) is 0 Å². The maximum atomic E-state index is 6.76. The molecule has 2 aromatic heterocycles. The van der Waals surface area contributed by atoms with Gasteiger partial charge in [-0.3, -0.25) is 0 Å². The van der Waals surface area contributed by atoms with Gasteiger partial charge in [0.25, 0.3) is 0 Å². The third kappa shape index (κ3) is 4.70. The number of benzene rings is 9. The molecule has 3 nitrogen and oxygen atoms in total. The van der Waals surface area contributed by atoms with Gasteiger partial charge in [-0.05, 0) is 93.9 Å². The first-order chi connectivity index (χ1) is 27.8. The molecule has 0 saturated heterocycles. The van der Waals surface area contributed by atoms with Crippen molar-refractivity contribution in [1.29, 1.82) is 0 Å². The second-order valence-electron chi connectivity index (χ2n) is 14.4. The fourth-order valence-corrected chi connectivity index (χ4v) is 9.97. The third-order valence-corrected chi connectivity index (χ3v) is 12.5. The zero-order valence-corrected chi connectivity index (χ0v) is 30.9. The van der Waals surface area contributed by atoms with E-state index in [4.69, 9.17) is 9.15 Å². The third-order valence-electron chi connectivity index (χ3n) is 11.3. The van der Waals surface area contributed by atoms with E-state index in [1.807, 2.05) is 17.4 Å². The van der Waals surface area contributed by atoms with Crippen LogP contribution in [-0.2, 0) is 0 Å². The Labute approximate surface area is 326 Å². The van der Waals surface area contributed by atoms with Crippen molar-refractivity contribution in [3.63, 3.8) is 0 Å². The lowest BCUT2D eigenvalue weighted by atomic mass is 9.89. The number of anilines is 3. The van der Waals surface area contributed by atoms with Crippen LogP contribution in [0.5, 0.6) is 11.5 Å². The average molecular weight is 734 g/mol. The molecule has 0 fully saturated rings. The Hall–Kier alpha value is -7.14. The molecule has 0 N–H and O–H groups in total. The highest BCUT2D eigenvalue weighted by atomic mass is 32.1. The molecule has 11 aromatic rings. The van der Waals surface area contributed by atoms with E-state index in [-0.39, 0.29) is 0 Å². The van der Waals surface area contributed by atoms with Crippen molar-refractivity contribution in [1.82, 2.24) is 0 Å². The number of nitrogens with zero attached hydrogens (tertiary/aromatic N) is 1. The molecule has 9 aromatic carbocycles. The zero-order valence-electron chi connectivity index (χ0n) is 30.1. The molecule has 0 spiro atoms. The Bertz CT molecular complexity index is 3360. The molecule has 0 atom stereocenters. The van der Waals surface area contributed by atoms with Crippen molar-refractivity contribution >= 4 is 81.3 Å². The van der Waals surface area contributed by atoms with Crippen molar-refractivity contribution in [3.8, 4) is 44.9 Å². The molecule has 262 valence electrons. The second kappa shape index (κ2) is 12.2. The molecule has 4 heteroatoms. The molecule has 0 bridgehead atoms. The fourth-order valence-electron chi connectivity index (χ4n) is 8.76. The summed E-state index contributed by atoms with van der Waals surface area (Å²) in [6, 6.07) is 67.1. The van der Waals surface area contributed by atoms with Crippen molar-refractivity contribution in [2.24, 2.45) is 0 Å². The molecule has 1 aliphatic heterocycles. The smallest absolute Gasteiger partial charge is 0.137 e. The summed E-state index contributed by atoms with van der Waals surface area (Å²) >= 11 is 1.84. The standard InChI is InChI=1S/C52H31NO2S/c1-2-12-32(13-3-1)36-28-29-47-50-39(36)18-9-19-40(50)37-27-26-34(31-48(37)55-47)33-14-8-15-35(30-33)53(43-21-11-24-46-51(43)42-17-4-6-23-45(42)54-46)44-22-10-20-41-38-16-5-7-25-49(38)56-52(41)44/h1-31H. The quantitative estimate of drug-likeness (QED) is 0.176. The van der Waals surface area contributed by atoms with Crippen LogP contribution in [0, 0.1) is 0 Å². The molecule has 0 aliphatic carbocycles. The van der Waals surface area contributed by atoms with E-state index in [1.54, 1.807) is 0 Å². The largest absolute Gasteiger partial charge is 0.456 e. The highest BCUT2D eigenvalue weighted by molar-refractivity contribution is 7.26. The van der Waals surface area contributed by atoms with Crippen LogP contribution in [0.25, 0.3) is 86.3 Å². The molecule has 56 heavy (non-hydrogen) atoms. The molecule has 12 rings (SSSR count). The van der Waals surface area contributed by atoms with Crippen LogP contribution in [0.2, 0.25) is 0 Å². The minimum absolute atomic E-state index is 0.863. The van der Waals surface area contributed by atoms with E-state index in [1.165, 1.54) is 42.2 Å². The van der Waals surface area contributed by atoms with Crippen molar-refractivity contribution in [2.75, 3.05) is 4.90 Å². The molecule has 0 radical (unpaired) electrons. The first-order valence-corrected chi connectivity index (χ1v) is 19.7. The molecule has 0 saturated carbocycles. The summed E-state index contributed by atoms with van der Waals surface area (Å²) in [6.45, 7) is 0. The Kier molecular flexibility index (Phi) is 6.80. The van der Waals surface area contributed by atoms with E-state index in [0.717, 1.165) is 72.6 Å². The summed E-state index contributed by atoms with van der Waals surface area (Å²) in [6.07, 6.45) is 0. The van der Waals surface area contributed by atoms with Crippen LogP contribution in [0.3, 0.4) is 0 Å². The number of fused-ring (bicyclic) bond motifs is 8. The summed E-state index contributed by atoms with van der Waals surface area (Å²) in [4.78, 5) is 2.42. The summed E-state index contributed by atoms with van der Waals surface area (Å²) in [5, 5.41) is 7.08. The fraction of sp³-hybridized carbons (Fsp3) is 0. The van der Waals surface area contributed by atoms with E-state index < -0.39 is 0 Å². The molecule has 3 heterocycles. The normalized spacial score (nSPS) is 12.1. The topological polar surface area (TPSA) is 25.6 Å². The van der Waals surface area contributed by atoms with Gasteiger partial charge in [0, 0.05) is 37.5 Å². The van der Waals surface area contributed by atoms with Crippen molar-refractivity contribution in [3.05, 3.63) is 188 Å². The number of rotatable bonds is 5. The van der Waals surface area contributed by atoms with Gasteiger partial charge in [-0.2, -0.15) is 0 Å². The van der Waals surface area contributed by atoms with Crippen LogP contribution >= 0.6 is 11.3 Å². The van der Waals surface area contributed by atoms with E-state index in [9.17, 15) is 0 Å². The SMILES string of the molecule is c1ccc(-c2ccc3c4c(cccc24)-c2ccc(-c4cccc(N(c5cccc6c5sc5ccccc56)c5cccc6oc7ccccc7c56)c4)cc2O3)cc1. The maximum absolute atomic E-state index is 6.76. The minimum Gasteiger partial charge on any atom is -0.456 e. The van der Waals surface area contributed by atoms with Gasteiger partial charge in [-0.15, -0.1) is 11.3 Å². The van der Waals surface area contributed by atoms with Crippen LogP contribution in [0.4, 0.5) is 17.1 Å². The average Bonchev–Trinajstić information content (AvgIpc) is 3.84. The Morgan fingerprint density at radius 2 is 1.09 bits per heavy atom. The Morgan fingerprint density at radius 3 is 2.04 bits per heavy atom. The maximum Gasteiger partial charge on any atom is 0.137 e. The van der Waals surface area contributed by atoms with E-state index >= 15 is 0 Å². The number of hydrogen-bond acceptors (Lipinski definition) is 4. The van der Waals surface area contributed by atoms with Gasteiger partial charge >= 0.3 is 0 Å². The number of para-hydroxylation sites is 1. The molecule has 0 unspecified atom stereocenters. The first-order valence-electron chi connectivity index (χ1n) is 18.9. The lowest BCUT2D eigenvalue weighted by molar-refractivity contribution is 0.487. The van der Waals surface area contributed by atoms with Gasteiger partial charge in [0.15, 0.2) is 0 Å². The molecule has 0 amide bonds. The summed E-state index contributed by atoms with van der Waals surface area (Å²) in [5.41, 5.74) is 11.9. The number of ether oxygens (including phenoxy) is 1. The van der Waals surface area contributed by atoms with Gasteiger partial charge in [0.1, 0.15) is 22.7 Å². The predicted octanol–water partition coefficient (Wildman–Crippen LogP) is 15.7. The summed E-state index contributed by atoms with van der Waals surface area (Å²) in [5.74, 6) is 1.75. The summed E-state index contributed by atoms with van der Waals surface area (Å²) in [7, 11) is 0. The summed E-state index contributed by atoms with van der Waals surface area (Å²) < 4.78 is 15.7. The second-order valence-corrected chi connectivity index (χ2v) is 15.5. The van der Waals surface area contributed by atoms with Gasteiger partial charge in [0.2, 0.25) is 0 Å². The molecule has 1 aliphatic rings.